The molecule has 0 bridgehead atoms. The predicted molar refractivity (Wildman–Crippen MR) is 80.3 cm³/mol. The van der Waals surface area contributed by atoms with Gasteiger partial charge in [-0.2, -0.15) is 0 Å². The van der Waals surface area contributed by atoms with Crippen molar-refractivity contribution in [2.75, 3.05) is 0 Å². The van der Waals surface area contributed by atoms with Crippen LogP contribution in [-0.2, 0) is 18.8 Å². The fourth-order valence-electron chi connectivity index (χ4n) is 2.96. The van der Waals surface area contributed by atoms with Crippen molar-refractivity contribution in [3.63, 3.8) is 0 Å². The number of ether oxygens (including phenoxy) is 1. The van der Waals surface area contributed by atoms with E-state index in [1.165, 1.54) is 0 Å². The minimum atomic E-state index is -0.167. The zero-order valence-electron chi connectivity index (χ0n) is 12.0. The molecule has 5 heteroatoms. The van der Waals surface area contributed by atoms with Crippen LogP contribution in [0.5, 0.6) is 0 Å². The van der Waals surface area contributed by atoms with E-state index in [4.69, 9.17) is 16.3 Å². The van der Waals surface area contributed by atoms with Crippen LogP contribution in [0.1, 0.15) is 30.7 Å². The summed E-state index contributed by atoms with van der Waals surface area (Å²) in [4.78, 5) is 11.9. The molecular formula is C15H19ClN2O2. The Hall–Kier alpha value is -1.26. The number of aromatic nitrogens is 2. The van der Waals surface area contributed by atoms with Gasteiger partial charge in [0.1, 0.15) is 0 Å². The van der Waals surface area contributed by atoms with E-state index in [1.54, 1.807) is 23.2 Å². The summed E-state index contributed by atoms with van der Waals surface area (Å²) in [6.07, 6.45) is 2.39. The minimum absolute atomic E-state index is 0.0194. The fraction of sp³-hybridized carbons (Fsp3) is 0.533. The molecule has 1 aliphatic rings. The van der Waals surface area contributed by atoms with E-state index in [2.05, 4.69) is 6.92 Å². The molecule has 1 aliphatic heterocycles. The summed E-state index contributed by atoms with van der Waals surface area (Å²) in [6.45, 7) is 2.08. The van der Waals surface area contributed by atoms with Gasteiger partial charge in [-0.25, -0.2) is 4.79 Å². The van der Waals surface area contributed by atoms with Crippen LogP contribution in [0.4, 0.5) is 0 Å². The molecule has 4 nitrogen and oxygen atoms in total. The number of rotatable bonds is 2. The largest absolute Gasteiger partial charge is 0.373 e. The van der Waals surface area contributed by atoms with E-state index in [0.717, 1.165) is 29.4 Å². The van der Waals surface area contributed by atoms with Gasteiger partial charge in [-0.3, -0.25) is 9.13 Å². The summed E-state index contributed by atoms with van der Waals surface area (Å²) < 4.78 is 9.15. The van der Waals surface area contributed by atoms with Crippen LogP contribution in [0.25, 0.3) is 11.0 Å². The van der Waals surface area contributed by atoms with Crippen molar-refractivity contribution in [1.29, 1.82) is 0 Å². The first-order chi connectivity index (χ1) is 9.49. The third-order valence-electron chi connectivity index (χ3n) is 4.21. The highest BCUT2D eigenvalue weighted by Crippen LogP contribution is 2.35. The van der Waals surface area contributed by atoms with Crippen molar-refractivity contribution in [3.8, 4) is 0 Å². The monoisotopic (exact) mass is 294 g/mol. The average Bonchev–Trinajstić information content (AvgIpc) is 2.97. The molecule has 1 aromatic carbocycles. The standard InChI is InChI=1S/C15H19ClN2O2/c1-9-4-7-13(20-9)14(16)10-5-6-11-12(8-10)18(3)15(19)17(11)2/h5-6,8-9,13-14H,4,7H2,1-3H3. The van der Waals surface area contributed by atoms with Crippen LogP contribution in [-0.4, -0.2) is 21.3 Å². The first-order valence-corrected chi connectivity index (χ1v) is 7.37. The summed E-state index contributed by atoms with van der Waals surface area (Å²) in [5.74, 6) is 0. The third kappa shape index (κ3) is 2.07. The molecule has 0 saturated carbocycles. The summed E-state index contributed by atoms with van der Waals surface area (Å²) in [5.41, 5.74) is 2.82. The molecule has 108 valence electrons. The number of halogens is 1. The molecule has 0 radical (unpaired) electrons. The summed E-state index contributed by atoms with van der Waals surface area (Å²) in [6, 6.07) is 5.95. The molecule has 0 aliphatic carbocycles. The molecule has 2 aromatic rings. The molecule has 20 heavy (non-hydrogen) atoms. The number of hydrogen-bond acceptors (Lipinski definition) is 2. The molecule has 0 amide bonds. The Balaban J connectivity index is 2.01. The van der Waals surface area contributed by atoms with Crippen molar-refractivity contribution < 1.29 is 4.74 Å². The lowest BCUT2D eigenvalue weighted by molar-refractivity contribution is 0.0533. The van der Waals surface area contributed by atoms with Gasteiger partial charge in [0.15, 0.2) is 0 Å². The van der Waals surface area contributed by atoms with Crippen LogP contribution in [0, 0.1) is 0 Å². The lowest BCUT2D eigenvalue weighted by Crippen LogP contribution is -2.19. The van der Waals surface area contributed by atoms with E-state index in [0.29, 0.717) is 0 Å². The Morgan fingerprint density at radius 3 is 2.60 bits per heavy atom. The van der Waals surface area contributed by atoms with Crippen molar-refractivity contribution in [2.24, 2.45) is 14.1 Å². The average molecular weight is 295 g/mol. The van der Waals surface area contributed by atoms with Crippen molar-refractivity contribution in [3.05, 3.63) is 34.2 Å². The van der Waals surface area contributed by atoms with E-state index < -0.39 is 0 Å². The second-order valence-electron chi connectivity index (χ2n) is 5.61. The van der Waals surface area contributed by atoms with Gasteiger partial charge in [0.25, 0.3) is 0 Å². The molecule has 1 saturated heterocycles. The number of hydrogen-bond donors (Lipinski definition) is 0. The van der Waals surface area contributed by atoms with Gasteiger partial charge in [-0.1, -0.05) is 6.07 Å². The van der Waals surface area contributed by atoms with Crippen LogP contribution in [0.2, 0.25) is 0 Å². The SMILES string of the molecule is CC1CCC(C(Cl)c2ccc3c(c2)n(C)c(=O)n3C)O1. The Morgan fingerprint density at radius 2 is 1.95 bits per heavy atom. The van der Waals surface area contributed by atoms with E-state index in [1.807, 2.05) is 18.2 Å². The highest BCUT2D eigenvalue weighted by Gasteiger charge is 2.29. The van der Waals surface area contributed by atoms with Crippen molar-refractivity contribution in [1.82, 2.24) is 9.13 Å². The number of imidazole rings is 1. The minimum Gasteiger partial charge on any atom is -0.373 e. The zero-order valence-corrected chi connectivity index (χ0v) is 12.7. The van der Waals surface area contributed by atoms with Gasteiger partial charge in [0.2, 0.25) is 0 Å². The van der Waals surface area contributed by atoms with E-state index >= 15 is 0 Å². The molecule has 1 fully saturated rings. The molecule has 0 N–H and O–H groups in total. The molecule has 1 aromatic heterocycles. The maximum Gasteiger partial charge on any atom is 0.328 e. The van der Waals surface area contributed by atoms with Crippen LogP contribution in [0.3, 0.4) is 0 Å². The fourth-order valence-corrected chi connectivity index (χ4v) is 3.28. The number of nitrogens with zero attached hydrogens (tertiary/aromatic N) is 2. The van der Waals surface area contributed by atoms with Crippen LogP contribution >= 0.6 is 11.6 Å². The molecular weight excluding hydrogens is 276 g/mol. The maximum atomic E-state index is 11.9. The zero-order chi connectivity index (χ0) is 14.4. The summed E-state index contributed by atoms with van der Waals surface area (Å²) in [7, 11) is 3.57. The number of alkyl halides is 1. The summed E-state index contributed by atoms with van der Waals surface area (Å²) in [5, 5.41) is -0.167. The molecule has 0 spiro atoms. The highest BCUT2D eigenvalue weighted by molar-refractivity contribution is 6.21. The Labute approximate surface area is 122 Å². The second kappa shape index (κ2) is 4.93. The summed E-state index contributed by atoms with van der Waals surface area (Å²) >= 11 is 6.56. The number of aryl methyl sites for hydroxylation is 2. The molecule has 3 rings (SSSR count). The number of benzene rings is 1. The quantitative estimate of drug-likeness (QED) is 0.799. The smallest absolute Gasteiger partial charge is 0.328 e. The number of fused-ring (bicyclic) bond motifs is 1. The third-order valence-corrected chi connectivity index (χ3v) is 4.74. The van der Waals surface area contributed by atoms with E-state index in [9.17, 15) is 4.79 Å². The van der Waals surface area contributed by atoms with Gasteiger partial charge in [-0.15, -0.1) is 11.6 Å². The first-order valence-electron chi connectivity index (χ1n) is 6.94. The van der Waals surface area contributed by atoms with Crippen LogP contribution in [0.15, 0.2) is 23.0 Å². The van der Waals surface area contributed by atoms with E-state index in [-0.39, 0.29) is 23.3 Å². The van der Waals surface area contributed by atoms with Crippen molar-refractivity contribution in [2.45, 2.75) is 37.4 Å². The normalized spacial score (nSPS) is 24.4. The Bertz CT molecular complexity index is 704. The Morgan fingerprint density at radius 1 is 1.25 bits per heavy atom. The predicted octanol–water partition coefficient (Wildman–Crippen LogP) is 2.72. The molecule has 2 heterocycles. The highest BCUT2D eigenvalue weighted by atomic mass is 35.5. The van der Waals surface area contributed by atoms with Gasteiger partial charge < -0.3 is 4.74 Å². The first kappa shape index (κ1) is 13.7. The van der Waals surface area contributed by atoms with Crippen LogP contribution < -0.4 is 5.69 Å². The van der Waals surface area contributed by atoms with Gasteiger partial charge in [-0.05, 0) is 37.5 Å². The second-order valence-corrected chi connectivity index (χ2v) is 6.08. The van der Waals surface area contributed by atoms with Crippen molar-refractivity contribution >= 4 is 22.6 Å². The topological polar surface area (TPSA) is 36.2 Å². The Kier molecular flexibility index (Phi) is 3.38. The molecule has 3 unspecified atom stereocenters. The van der Waals surface area contributed by atoms with Gasteiger partial charge in [0.05, 0.1) is 28.6 Å². The van der Waals surface area contributed by atoms with Gasteiger partial charge in [0, 0.05) is 14.1 Å². The lowest BCUT2D eigenvalue weighted by Gasteiger charge is -2.18. The maximum absolute atomic E-state index is 11.9. The molecule has 3 atom stereocenters. The van der Waals surface area contributed by atoms with Gasteiger partial charge >= 0.3 is 5.69 Å². The lowest BCUT2D eigenvalue weighted by atomic mass is 10.0.